The molecule has 0 spiro atoms. The zero-order valence-corrected chi connectivity index (χ0v) is 10.0. The molecule has 0 aliphatic rings. The molecule has 0 fully saturated rings. The van der Waals surface area contributed by atoms with Gasteiger partial charge in [0.05, 0.1) is 12.3 Å². The molecule has 1 aromatic heterocycles. The van der Waals surface area contributed by atoms with Gasteiger partial charge in [-0.3, -0.25) is 4.98 Å². The average molecular weight is 270 g/mol. The van der Waals surface area contributed by atoms with Gasteiger partial charge >= 0.3 is 0 Å². The van der Waals surface area contributed by atoms with Gasteiger partial charge in [-0.15, -0.1) is 0 Å². The first-order chi connectivity index (χ1) is 8.59. The van der Waals surface area contributed by atoms with Crippen molar-refractivity contribution in [2.24, 2.45) is 0 Å². The van der Waals surface area contributed by atoms with Gasteiger partial charge in [-0.05, 0) is 18.2 Å². The van der Waals surface area contributed by atoms with E-state index in [0.717, 1.165) is 6.20 Å². The monoisotopic (exact) mass is 269 g/mol. The van der Waals surface area contributed by atoms with Crippen LogP contribution in [0.2, 0.25) is 5.02 Å². The van der Waals surface area contributed by atoms with Crippen molar-refractivity contribution in [2.75, 3.05) is 0 Å². The van der Waals surface area contributed by atoms with Crippen molar-refractivity contribution < 1.29 is 13.9 Å². The molecular weight excluding hydrogens is 260 g/mol. The minimum absolute atomic E-state index is 0.0734. The van der Waals surface area contributed by atoms with Gasteiger partial charge < -0.3 is 5.11 Å². The molecule has 18 heavy (non-hydrogen) atoms. The van der Waals surface area contributed by atoms with Gasteiger partial charge in [0.25, 0.3) is 0 Å². The number of hydrogen-bond donors (Lipinski definition) is 1. The molecule has 0 radical (unpaired) electrons. The van der Waals surface area contributed by atoms with Crippen molar-refractivity contribution in [3.63, 3.8) is 0 Å². The van der Waals surface area contributed by atoms with Crippen molar-refractivity contribution in [2.45, 2.75) is 12.5 Å². The molecule has 0 saturated carbocycles. The number of halogens is 3. The second kappa shape index (κ2) is 5.42. The predicted molar refractivity (Wildman–Crippen MR) is 64.3 cm³/mol. The number of benzene rings is 1. The highest BCUT2D eigenvalue weighted by Gasteiger charge is 2.17. The number of pyridine rings is 1. The number of hydrogen-bond acceptors (Lipinski definition) is 2. The number of rotatable bonds is 3. The SMILES string of the molecule is OC(Cc1c(F)cccc1Cl)c1ccncc1F. The lowest BCUT2D eigenvalue weighted by atomic mass is 10.0. The van der Waals surface area contributed by atoms with Crippen molar-refractivity contribution in [3.05, 3.63) is 64.4 Å². The van der Waals surface area contributed by atoms with Gasteiger partial charge in [0.2, 0.25) is 0 Å². The van der Waals surface area contributed by atoms with E-state index in [2.05, 4.69) is 4.98 Å². The Labute approximate surface area is 108 Å². The Morgan fingerprint density at radius 3 is 2.67 bits per heavy atom. The molecule has 0 aliphatic heterocycles. The van der Waals surface area contributed by atoms with E-state index in [1.54, 1.807) is 0 Å². The van der Waals surface area contributed by atoms with Crippen LogP contribution in [0, 0.1) is 11.6 Å². The quantitative estimate of drug-likeness (QED) is 0.927. The van der Waals surface area contributed by atoms with E-state index in [0.29, 0.717) is 0 Å². The van der Waals surface area contributed by atoms with Gasteiger partial charge in [-0.25, -0.2) is 8.78 Å². The van der Waals surface area contributed by atoms with Crippen LogP contribution < -0.4 is 0 Å². The zero-order chi connectivity index (χ0) is 13.1. The molecule has 1 unspecified atom stereocenters. The molecule has 0 aliphatic carbocycles. The fourth-order valence-electron chi connectivity index (χ4n) is 1.69. The van der Waals surface area contributed by atoms with E-state index < -0.39 is 17.7 Å². The van der Waals surface area contributed by atoms with Crippen LogP contribution in [0.4, 0.5) is 8.78 Å². The van der Waals surface area contributed by atoms with Gasteiger partial charge in [-0.1, -0.05) is 17.7 Å². The highest BCUT2D eigenvalue weighted by Crippen LogP contribution is 2.26. The molecule has 0 bridgehead atoms. The van der Waals surface area contributed by atoms with Crippen LogP contribution in [-0.2, 0) is 6.42 Å². The van der Waals surface area contributed by atoms with E-state index in [-0.39, 0.29) is 22.6 Å². The number of nitrogens with zero attached hydrogens (tertiary/aromatic N) is 1. The Morgan fingerprint density at radius 2 is 2.00 bits per heavy atom. The van der Waals surface area contributed by atoms with Crippen molar-refractivity contribution in [1.29, 1.82) is 0 Å². The second-order valence-electron chi connectivity index (χ2n) is 3.82. The highest BCUT2D eigenvalue weighted by molar-refractivity contribution is 6.31. The summed E-state index contributed by atoms with van der Waals surface area (Å²) in [5.74, 6) is -1.14. The van der Waals surface area contributed by atoms with Gasteiger partial charge in [0.15, 0.2) is 0 Å². The van der Waals surface area contributed by atoms with E-state index in [1.807, 2.05) is 0 Å². The van der Waals surface area contributed by atoms with Gasteiger partial charge in [-0.2, -0.15) is 0 Å². The first kappa shape index (κ1) is 12.9. The number of aliphatic hydroxyl groups excluding tert-OH is 1. The third kappa shape index (κ3) is 2.66. The summed E-state index contributed by atoms with van der Waals surface area (Å²) in [6, 6.07) is 5.60. The third-order valence-electron chi connectivity index (χ3n) is 2.62. The smallest absolute Gasteiger partial charge is 0.147 e. The van der Waals surface area contributed by atoms with Crippen LogP contribution in [-0.4, -0.2) is 10.1 Å². The minimum atomic E-state index is -1.16. The fraction of sp³-hybridized carbons (Fsp3) is 0.154. The van der Waals surface area contributed by atoms with E-state index >= 15 is 0 Å². The van der Waals surface area contributed by atoms with Crippen LogP contribution >= 0.6 is 11.6 Å². The molecule has 2 aromatic rings. The van der Waals surface area contributed by atoms with Crippen molar-refractivity contribution in [1.82, 2.24) is 4.98 Å². The minimum Gasteiger partial charge on any atom is -0.388 e. The van der Waals surface area contributed by atoms with E-state index in [4.69, 9.17) is 11.6 Å². The van der Waals surface area contributed by atoms with Crippen molar-refractivity contribution >= 4 is 11.6 Å². The molecule has 94 valence electrons. The van der Waals surface area contributed by atoms with Crippen LogP contribution in [0.3, 0.4) is 0 Å². The first-order valence-electron chi connectivity index (χ1n) is 5.30. The molecule has 0 saturated heterocycles. The summed E-state index contributed by atoms with van der Waals surface area (Å²) < 4.78 is 26.9. The molecule has 1 N–H and O–H groups in total. The van der Waals surface area contributed by atoms with Crippen LogP contribution in [0.5, 0.6) is 0 Å². The Balaban J connectivity index is 2.27. The molecule has 2 nitrogen and oxygen atoms in total. The van der Waals surface area contributed by atoms with E-state index in [9.17, 15) is 13.9 Å². The van der Waals surface area contributed by atoms with Crippen molar-refractivity contribution in [3.8, 4) is 0 Å². The summed E-state index contributed by atoms with van der Waals surface area (Å²) >= 11 is 5.84. The Morgan fingerprint density at radius 1 is 1.22 bits per heavy atom. The molecular formula is C13H10ClF2NO. The normalized spacial score (nSPS) is 12.4. The topological polar surface area (TPSA) is 33.1 Å². The Hall–Kier alpha value is -1.52. The summed E-state index contributed by atoms with van der Waals surface area (Å²) in [4.78, 5) is 3.58. The third-order valence-corrected chi connectivity index (χ3v) is 2.98. The molecule has 1 atom stereocenters. The standard InChI is InChI=1S/C13H10ClF2NO/c14-10-2-1-3-11(15)9(10)6-13(18)8-4-5-17-7-12(8)16/h1-5,7,13,18H,6H2. The summed E-state index contributed by atoms with van der Waals surface area (Å²) in [6.45, 7) is 0. The van der Waals surface area contributed by atoms with E-state index in [1.165, 1.54) is 30.5 Å². The average Bonchev–Trinajstić information content (AvgIpc) is 2.34. The fourth-order valence-corrected chi connectivity index (χ4v) is 1.93. The maximum Gasteiger partial charge on any atom is 0.147 e. The van der Waals surface area contributed by atoms with Crippen LogP contribution in [0.15, 0.2) is 36.7 Å². The summed E-state index contributed by atoms with van der Waals surface area (Å²) in [5.41, 5.74) is 0.243. The number of aromatic nitrogens is 1. The predicted octanol–water partition coefficient (Wildman–Crippen LogP) is 3.29. The summed E-state index contributed by atoms with van der Waals surface area (Å²) in [5, 5.41) is 10.1. The lowest BCUT2D eigenvalue weighted by Crippen LogP contribution is -2.06. The molecule has 5 heteroatoms. The zero-order valence-electron chi connectivity index (χ0n) is 9.28. The lowest BCUT2D eigenvalue weighted by molar-refractivity contribution is 0.172. The lowest BCUT2D eigenvalue weighted by Gasteiger charge is -2.13. The van der Waals surface area contributed by atoms with Gasteiger partial charge in [0.1, 0.15) is 11.6 Å². The molecule has 0 amide bonds. The Bertz CT molecular complexity index is 542. The first-order valence-corrected chi connectivity index (χ1v) is 5.67. The number of aliphatic hydroxyl groups is 1. The maximum atomic E-state index is 13.5. The largest absolute Gasteiger partial charge is 0.388 e. The molecule has 1 heterocycles. The Kier molecular flexibility index (Phi) is 3.89. The van der Waals surface area contributed by atoms with Gasteiger partial charge in [0, 0.05) is 28.8 Å². The molecule has 2 rings (SSSR count). The highest BCUT2D eigenvalue weighted by atomic mass is 35.5. The summed E-state index contributed by atoms with van der Waals surface area (Å²) in [6.07, 6.45) is 1.11. The maximum absolute atomic E-state index is 13.5. The second-order valence-corrected chi connectivity index (χ2v) is 4.22. The van der Waals surface area contributed by atoms with Crippen LogP contribution in [0.1, 0.15) is 17.2 Å². The summed E-state index contributed by atoms with van der Waals surface area (Å²) in [7, 11) is 0. The molecule has 1 aromatic carbocycles. The van der Waals surface area contributed by atoms with Crippen LogP contribution in [0.25, 0.3) is 0 Å².